The minimum absolute atomic E-state index is 0.00253. The molecule has 0 N–H and O–H groups in total. The fraction of sp³-hybridized carbons (Fsp3) is 0.382. The van der Waals surface area contributed by atoms with Crippen molar-refractivity contribution in [1.29, 1.82) is 5.26 Å². The van der Waals surface area contributed by atoms with E-state index in [0.717, 1.165) is 18.4 Å². The highest BCUT2D eigenvalue weighted by Gasteiger charge is 2.37. The lowest BCUT2D eigenvalue weighted by molar-refractivity contribution is -0.131. The van der Waals surface area contributed by atoms with Gasteiger partial charge in [-0.05, 0) is 38.6 Å². The zero-order valence-electron chi connectivity index (χ0n) is 25.9. The Morgan fingerprint density at radius 2 is 1.91 bits per heavy atom. The zero-order valence-corrected chi connectivity index (χ0v) is 26.7. The average Bonchev–Trinajstić information content (AvgIpc) is 2.99. The SMILES string of the molecule is C=C(F)C(=O)N1CCN(c2nc(OCC3CCN3C(C)(C)C)nc3c(F)c(-c4cccc5cccc(Cl)c45)ncc23)C[C@@H]1CC#N. The Labute approximate surface area is 271 Å². The van der Waals surface area contributed by atoms with Crippen LogP contribution in [0.5, 0.6) is 6.01 Å². The molecule has 2 atom stereocenters. The largest absolute Gasteiger partial charge is 0.462 e. The van der Waals surface area contributed by atoms with E-state index in [4.69, 9.17) is 21.3 Å². The molecule has 2 aliphatic rings. The summed E-state index contributed by atoms with van der Waals surface area (Å²) in [6.45, 7) is 11.4. The molecule has 0 spiro atoms. The van der Waals surface area contributed by atoms with E-state index in [1.54, 1.807) is 12.1 Å². The lowest BCUT2D eigenvalue weighted by Gasteiger charge is -2.49. The third-order valence-electron chi connectivity index (χ3n) is 8.77. The second-order valence-corrected chi connectivity index (χ2v) is 13.0. The molecule has 46 heavy (non-hydrogen) atoms. The maximum atomic E-state index is 16.7. The number of ether oxygens (including phenoxy) is 1. The molecule has 2 saturated heterocycles. The number of carbonyl (C=O) groups excluding carboxylic acids is 1. The summed E-state index contributed by atoms with van der Waals surface area (Å²) >= 11 is 6.58. The van der Waals surface area contributed by atoms with Crippen molar-refractivity contribution >= 4 is 45.0 Å². The molecule has 2 aromatic carbocycles. The van der Waals surface area contributed by atoms with Crippen molar-refractivity contribution in [2.24, 2.45) is 0 Å². The summed E-state index contributed by atoms with van der Waals surface area (Å²) in [6, 6.07) is 12.6. The van der Waals surface area contributed by atoms with Gasteiger partial charge in [-0.3, -0.25) is 14.7 Å². The molecule has 2 aliphatic heterocycles. The second kappa shape index (κ2) is 12.4. The fourth-order valence-corrected chi connectivity index (χ4v) is 6.71. The number of fused-ring (bicyclic) bond motifs is 2. The van der Waals surface area contributed by atoms with Crippen LogP contribution in [0, 0.1) is 17.1 Å². The van der Waals surface area contributed by atoms with Crippen molar-refractivity contribution in [2.45, 2.75) is 51.2 Å². The Balaban J connectivity index is 1.44. The number of hydrogen-bond donors (Lipinski definition) is 0. The Hall–Kier alpha value is -4.40. The van der Waals surface area contributed by atoms with Gasteiger partial charge in [-0.15, -0.1) is 0 Å². The van der Waals surface area contributed by atoms with Gasteiger partial charge in [-0.1, -0.05) is 48.5 Å². The second-order valence-electron chi connectivity index (χ2n) is 12.6. The van der Waals surface area contributed by atoms with E-state index in [1.807, 2.05) is 29.2 Å². The van der Waals surface area contributed by atoms with Crippen molar-refractivity contribution in [3.05, 3.63) is 65.8 Å². The third kappa shape index (κ3) is 5.83. The minimum atomic E-state index is -1.09. The average molecular weight is 646 g/mol. The first-order valence-corrected chi connectivity index (χ1v) is 15.6. The fourth-order valence-electron chi connectivity index (χ4n) is 6.43. The molecular weight excluding hydrogens is 612 g/mol. The molecular formula is C34H34ClF2N7O2. The van der Waals surface area contributed by atoms with Gasteiger partial charge < -0.3 is 14.5 Å². The maximum Gasteiger partial charge on any atom is 0.319 e. The van der Waals surface area contributed by atoms with Gasteiger partial charge in [0, 0.05) is 59.9 Å². The van der Waals surface area contributed by atoms with E-state index in [0.29, 0.717) is 33.8 Å². The van der Waals surface area contributed by atoms with Crippen LogP contribution in [-0.2, 0) is 4.79 Å². The number of nitriles is 1. The van der Waals surface area contributed by atoms with Crippen LogP contribution in [0.3, 0.4) is 0 Å². The van der Waals surface area contributed by atoms with E-state index in [9.17, 15) is 14.4 Å². The number of anilines is 1. The summed E-state index contributed by atoms with van der Waals surface area (Å²) in [5.41, 5.74) is 0.584. The number of piperazine rings is 1. The van der Waals surface area contributed by atoms with Gasteiger partial charge in [0.2, 0.25) is 0 Å². The summed E-state index contributed by atoms with van der Waals surface area (Å²) in [5.74, 6) is -2.25. The number of likely N-dealkylation sites (tertiary alicyclic amines) is 1. The molecule has 0 aliphatic carbocycles. The number of amides is 1. The molecule has 6 rings (SSSR count). The summed E-state index contributed by atoms with van der Waals surface area (Å²) < 4.78 is 36.6. The van der Waals surface area contributed by atoms with Crippen LogP contribution < -0.4 is 9.64 Å². The van der Waals surface area contributed by atoms with Gasteiger partial charge in [0.05, 0.1) is 23.9 Å². The number of pyridine rings is 1. The quantitative estimate of drug-likeness (QED) is 0.216. The van der Waals surface area contributed by atoms with Crippen molar-refractivity contribution in [3.8, 4) is 23.3 Å². The molecule has 0 bridgehead atoms. The van der Waals surface area contributed by atoms with Crippen molar-refractivity contribution in [3.63, 3.8) is 0 Å². The van der Waals surface area contributed by atoms with Gasteiger partial charge in [0.25, 0.3) is 5.91 Å². The van der Waals surface area contributed by atoms with E-state index in [-0.39, 0.29) is 54.9 Å². The van der Waals surface area contributed by atoms with Crippen molar-refractivity contribution in [2.75, 3.05) is 37.7 Å². The summed E-state index contributed by atoms with van der Waals surface area (Å²) in [4.78, 5) is 31.8. The molecule has 0 saturated carbocycles. The first kappa shape index (κ1) is 31.6. The molecule has 0 radical (unpaired) electrons. The van der Waals surface area contributed by atoms with Crippen LogP contribution in [0.25, 0.3) is 32.9 Å². The van der Waals surface area contributed by atoms with Gasteiger partial charge in [0.1, 0.15) is 23.6 Å². The summed E-state index contributed by atoms with van der Waals surface area (Å²) in [7, 11) is 0. The number of carbonyl (C=O) groups is 1. The predicted octanol–water partition coefficient (Wildman–Crippen LogP) is 6.30. The molecule has 9 nitrogen and oxygen atoms in total. The topological polar surface area (TPSA) is 98.5 Å². The molecule has 2 aromatic heterocycles. The highest BCUT2D eigenvalue weighted by molar-refractivity contribution is 6.36. The zero-order chi connectivity index (χ0) is 32.7. The Morgan fingerprint density at radius 3 is 2.59 bits per heavy atom. The highest BCUT2D eigenvalue weighted by atomic mass is 35.5. The maximum absolute atomic E-state index is 16.7. The molecule has 1 unspecified atom stereocenters. The highest BCUT2D eigenvalue weighted by Crippen LogP contribution is 2.38. The van der Waals surface area contributed by atoms with E-state index in [1.165, 1.54) is 11.1 Å². The Kier molecular flexibility index (Phi) is 8.53. The monoisotopic (exact) mass is 645 g/mol. The number of nitrogens with zero attached hydrogens (tertiary/aromatic N) is 7. The molecule has 4 aromatic rings. The predicted molar refractivity (Wildman–Crippen MR) is 174 cm³/mol. The first-order valence-electron chi connectivity index (χ1n) is 15.2. The van der Waals surface area contributed by atoms with Crippen LogP contribution in [-0.4, -0.2) is 81.1 Å². The van der Waals surface area contributed by atoms with Gasteiger partial charge in [0.15, 0.2) is 11.6 Å². The Bertz CT molecular complexity index is 1880. The lowest BCUT2D eigenvalue weighted by Crippen LogP contribution is -2.59. The number of halogens is 3. The van der Waals surface area contributed by atoms with Crippen LogP contribution in [0.2, 0.25) is 5.02 Å². The molecule has 1 amide bonds. The summed E-state index contributed by atoms with van der Waals surface area (Å²) in [6.07, 6.45) is 2.44. The first-order chi connectivity index (χ1) is 22.0. The van der Waals surface area contributed by atoms with E-state index < -0.39 is 23.6 Å². The Morgan fingerprint density at radius 1 is 1.15 bits per heavy atom. The van der Waals surface area contributed by atoms with Gasteiger partial charge in [-0.2, -0.15) is 15.2 Å². The van der Waals surface area contributed by atoms with Gasteiger partial charge in [-0.25, -0.2) is 8.78 Å². The third-order valence-corrected chi connectivity index (χ3v) is 9.08. The number of aromatic nitrogens is 3. The van der Waals surface area contributed by atoms with Crippen molar-refractivity contribution in [1.82, 2.24) is 24.8 Å². The molecule has 12 heteroatoms. The van der Waals surface area contributed by atoms with Crippen LogP contribution >= 0.6 is 11.6 Å². The van der Waals surface area contributed by atoms with Crippen LogP contribution in [0.15, 0.2) is 55.0 Å². The van der Waals surface area contributed by atoms with Crippen LogP contribution in [0.4, 0.5) is 14.6 Å². The van der Waals surface area contributed by atoms with Gasteiger partial charge >= 0.3 is 6.01 Å². The van der Waals surface area contributed by atoms with E-state index in [2.05, 4.69) is 48.3 Å². The number of hydrogen-bond acceptors (Lipinski definition) is 8. The summed E-state index contributed by atoms with van der Waals surface area (Å²) in [5, 5.41) is 11.8. The smallest absolute Gasteiger partial charge is 0.319 e. The minimum Gasteiger partial charge on any atom is -0.462 e. The lowest BCUT2D eigenvalue weighted by atomic mass is 9.94. The number of rotatable bonds is 7. The molecule has 4 heterocycles. The van der Waals surface area contributed by atoms with Crippen LogP contribution in [0.1, 0.15) is 33.6 Å². The molecule has 2 fully saturated rings. The standard InChI is InChI=1S/C34H34ClF2N7O2/c1-20(36)32(45)43-16-15-42(18-22(43)11-13-38)31-25-17-39-29(24-9-5-7-21-8-6-10-26(35)27(21)24)28(37)30(25)40-33(41-31)46-19-23-12-14-44(23)34(2,3)4/h5-10,17,22-23H,1,11-12,14-16,18-19H2,2-4H3/t22-,23?/m0/s1. The van der Waals surface area contributed by atoms with E-state index >= 15 is 4.39 Å². The normalized spacial score (nSPS) is 18.8. The molecule has 238 valence electrons. The van der Waals surface area contributed by atoms with Crippen molar-refractivity contribution < 1.29 is 18.3 Å². The number of benzene rings is 2.